The van der Waals surface area contributed by atoms with Gasteiger partial charge in [-0.25, -0.2) is 0 Å². The van der Waals surface area contributed by atoms with Crippen LogP contribution in [0.25, 0.3) is 0 Å². The van der Waals surface area contributed by atoms with E-state index in [0.29, 0.717) is 42.3 Å². The number of benzene rings is 2. The van der Waals surface area contributed by atoms with E-state index in [1.807, 2.05) is 25.1 Å². The third-order valence-corrected chi connectivity index (χ3v) is 5.40. The molecule has 1 aliphatic heterocycles. The van der Waals surface area contributed by atoms with Crippen molar-refractivity contribution in [3.05, 3.63) is 58.6 Å². The minimum Gasteiger partial charge on any atom is -0.497 e. The number of piperidine rings is 1. The second-order valence-corrected chi connectivity index (χ2v) is 7.11. The SMILES string of the molecule is COc1cccc(C(=O)N2CCC(C(=O)Nc3cccc(Cl)c3C)CC2)c1. The molecule has 27 heavy (non-hydrogen) atoms. The van der Waals surface area contributed by atoms with Crippen molar-refractivity contribution in [2.75, 3.05) is 25.5 Å². The molecule has 0 bridgehead atoms. The molecule has 1 heterocycles. The van der Waals surface area contributed by atoms with Crippen molar-refractivity contribution in [1.82, 2.24) is 4.90 Å². The Morgan fingerprint density at radius 3 is 2.56 bits per heavy atom. The summed E-state index contributed by atoms with van der Waals surface area (Å²) in [5.41, 5.74) is 2.20. The summed E-state index contributed by atoms with van der Waals surface area (Å²) in [5.74, 6) is 0.497. The number of ether oxygens (including phenoxy) is 1. The van der Waals surface area contributed by atoms with Gasteiger partial charge in [0.15, 0.2) is 0 Å². The Bertz CT molecular complexity index is 845. The minimum atomic E-state index is -0.113. The summed E-state index contributed by atoms with van der Waals surface area (Å²) in [7, 11) is 1.58. The van der Waals surface area contributed by atoms with E-state index in [0.717, 1.165) is 11.3 Å². The standard InChI is InChI=1S/C21H23ClN2O3/c1-14-18(22)7-4-8-19(14)23-20(25)15-9-11-24(12-10-15)21(26)16-5-3-6-17(13-16)27-2/h3-8,13,15H,9-12H2,1-2H3,(H,23,25). The maximum atomic E-state index is 12.7. The van der Waals surface area contributed by atoms with E-state index in [-0.39, 0.29) is 17.7 Å². The molecule has 0 saturated carbocycles. The van der Waals surface area contributed by atoms with E-state index in [9.17, 15) is 9.59 Å². The molecule has 142 valence electrons. The maximum Gasteiger partial charge on any atom is 0.253 e. The lowest BCUT2D eigenvalue weighted by Gasteiger charge is -2.31. The molecule has 2 aromatic rings. The number of methoxy groups -OCH3 is 1. The molecule has 0 aromatic heterocycles. The van der Waals surface area contributed by atoms with Crippen LogP contribution in [0, 0.1) is 12.8 Å². The Kier molecular flexibility index (Phi) is 6.01. The largest absolute Gasteiger partial charge is 0.497 e. The summed E-state index contributed by atoms with van der Waals surface area (Å²) in [4.78, 5) is 27.1. The average Bonchev–Trinajstić information content (AvgIpc) is 2.71. The molecule has 5 nitrogen and oxygen atoms in total. The average molecular weight is 387 g/mol. The molecular formula is C21H23ClN2O3. The summed E-state index contributed by atoms with van der Waals surface area (Å²) >= 11 is 6.11. The normalized spacial score (nSPS) is 14.7. The number of halogens is 1. The fourth-order valence-electron chi connectivity index (χ4n) is 3.26. The number of likely N-dealkylation sites (tertiary alicyclic amines) is 1. The molecule has 0 unspecified atom stereocenters. The van der Waals surface area contributed by atoms with Crippen LogP contribution in [0.1, 0.15) is 28.8 Å². The van der Waals surface area contributed by atoms with Gasteiger partial charge in [-0.05, 0) is 55.7 Å². The number of rotatable bonds is 4. The van der Waals surface area contributed by atoms with Gasteiger partial charge in [-0.3, -0.25) is 9.59 Å². The summed E-state index contributed by atoms with van der Waals surface area (Å²) < 4.78 is 5.18. The lowest BCUT2D eigenvalue weighted by atomic mass is 9.95. The lowest BCUT2D eigenvalue weighted by Crippen LogP contribution is -2.41. The van der Waals surface area contributed by atoms with Gasteiger partial charge in [-0.1, -0.05) is 23.7 Å². The first kappa shape index (κ1) is 19.2. The monoisotopic (exact) mass is 386 g/mol. The summed E-state index contributed by atoms with van der Waals surface area (Å²) in [5, 5.41) is 3.60. The molecule has 6 heteroatoms. The lowest BCUT2D eigenvalue weighted by molar-refractivity contribution is -0.121. The fraction of sp³-hybridized carbons (Fsp3) is 0.333. The van der Waals surface area contributed by atoms with Gasteiger partial charge in [0.1, 0.15) is 5.75 Å². The van der Waals surface area contributed by atoms with E-state index in [4.69, 9.17) is 16.3 Å². The van der Waals surface area contributed by atoms with Crippen LogP contribution in [0.4, 0.5) is 5.69 Å². The van der Waals surface area contributed by atoms with Crippen LogP contribution >= 0.6 is 11.6 Å². The van der Waals surface area contributed by atoms with E-state index >= 15 is 0 Å². The molecule has 0 radical (unpaired) electrons. The van der Waals surface area contributed by atoms with E-state index in [2.05, 4.69) is 5.32 Å². The van der Waals surface area contributed by atoms with Crippen molar-refractivity contribution >= 4 is 29.1 Å². The summed E-state index contributed by atoms with van der Waals surface area (Å²) in [6, 6.07) is 12.6. The van der Waals surface area contributed by atoms with Gasteiger partial charge in [0.25, 0.3) is 5.91 Å². The van der Waals surface area contributed by atoms with Crippen LogP contribution in [-0.2, 0) is 4.79 Å². The number of amides is 2. The number of carbonyl (C=O) groups excluding carboxylic acids is 2. The predicted octanol–water partition coefficient (Wildman–Crippen LogP) is 4.15. The molecular weight excluding hydrogens is 364 g/mol. The number of hydrogen-bond acceptors (Lipinski definition) is 3. The van der Waals surface area contributed by atoms with E-state index in [1.165, 1.54) is 0 Å². The first-order chi connectivity index (χ1) is 13.0. The van der Waals surface area contributed by atoms with Gasteiger partial charge >= 0.3 is 0 Å². The van der Waals surface area contributed by atoms with Crippen LogP contribution in [0.5, 0.6) is 5.75 Å². The zero-order valence-corrected chi connectivity index (χ0v) is 16.3. The van der Waals surface area contributed by atoms with Crippen LogP contribution in [-0.4, -0.2) is 36.9 Å². The number of nitrogens with zero attached hydrogens (tertiary/aromatic N) is 1. The Labute approximate surface area is 164 Å². The first-order valence-electron chi connectivity index (χ1n) is 8.99. The molecule has 1 N–H and O–H groups in total. The predicted molar refractivity (Wildman–Crippen MR) is 106 cm³/mol. The van der Waals surface area contributed by atoms with Gasteiger partial charge in [0.2, 0.25) is 5.91 Å². The van der Waals surface area contributed by atoms with Crippen LogP contribution in [0.2, 0.25) is 5.02 Å². The quantitative estimate of drug-likeness (QED) is 0.858. The molecule has 0 atom stereocenters. The number of nitrogens with one attached hydrogen (secondary N) is 1. The highest BCUT2D eigenvalue weighted by Gasteiger charge is 2.28. The number of carbonyl (C=O) groups is 2. The highest BCUT2D eigenvalue weighted by Crippen LogP contribution is 2.26. The second kappa shape index (κ2) is 8.44. The topological polar surface area (TPSA) is 58.6 Å². The van der Waals surface area contributed by atoms with Gasteiger partial charge in [-0.2, -0.15) is 0 Å². The third-order valence-electron chi connectivity index (χ3n) is 5.00. The van der Waals surface area contributed by atoms with Crippen molar-refractivity contribution < 1.29 is 14.3 Å². The highest BCUT2D eigenvalue weighted by atomic mass is 35.5. The van der Waals surface area contributed by atoms with Gasteiger partial charge in [0, 0.05) is 35.3 Å². The molecule has 2 amide bonds. The summed E-state index contributed by atoms with van der Waals surface area (Å²) in [6.45, 7) is 3.00. The Hall–Kier alpha value is -2.53. The molecule has 0 spiro atoms. The Morgan fingerprint density at radius 2 is 1.85 bits per heavy atom. The molecule has 1 saturated heterocycles. The van der Waals surface area contributed by atoms with Crippen LogP contribution in [0.3, 0.4) is 0 Å². The van der Waals surface area contributed by atoms with Crippen LogP contribution in [0.15, 0.2) is 42.5 Å². The fourth-order valence-corrected chi connectivity index (χ4v) is 3.44. The molecule has 3 rings (SSSR count). The van der Waals surface area contributed by atoms with Crippen LogP contribution < -0.4 is 10.1 Å². The number of hydrogen-bond donors (Lipinski definition) is 1. The molecule has 0 aliphatic carbocycles. The van der Waals surface area contributed by atoms with Gasteiger partial charge in [0.05, 0.1) is 7.11 Å². The molecule has 1 fully saturated rings. The van der Waals surface area contributed by atoms with Crippen molar-refractivity contribution in [3.8, 4) is 5.75 Å². The molecule has 2 aromatic carbocycles. The van der Waals surface area contributed by atoms with Crippen molar-refractivity contribution in [3.63, 3.8) is 0 Å². The maximum absolute atomic E-state index is 12.7. The first-order valence-corrected chi connectivity index (χ1v) is 9.36. The highest BCUT2D eigenvalue weighted by molar-refractivity contribution is 6.31. The van der Waals surface area contributed by atoms with Gasteiger partial charge < -0.3 is 15.0 Å². The zero-order chi connectivity index (χ0) is 19.4. The third kappa shape index (κ3) is 4.42. The van der Waals surface area contributed by atoms with Gasteiger partial charge in [-0.15, -0.1) is 0 Å². The Morgan fingerprint density at radius 1 is 1.15 bits per heavy atom. The zero-order valence-electron chi connectivity index (χ0n) is 15.5. The smallest absolute Gasteiger partial charge is 0.253 e. The minimum absolute atomic E-state index is 0.0196. The van der Waals surface area contributed by atoms with Crippen molar-refractivity contribution in [2.45, 2.75) is 19.8 Å². The molecule has 1 aliphatic rings. The van der Waals surface area contributed by atoms with E-state index < -0.39 is 0 Å². The van der Waals surface area contributed by atoms with E-state index in [1.54, 1.807) is 36.3 Å². The van der Waals surface area contributed by atoms with Crippen molar-refractivity contribution in [1.29, 1.82) is 0 Å². The summed E-state index contributed by atoms with van der Waals surface area (Å²) in [6.07, 6.45) is 1.28. The Balaban J connectivity index is 1.58. The second-order valence-electron chi connectivity index (χ2n) is 6.70. The van der Waals surface area contributed by atoms with Crippen molar-refractivity contribution in [2.24, 2.45) is 5.92 Å². The number of anilines is 1.